The third-order valence-electron chi connectivity index (χ3n) is 7.55. The van der Waals surface area contributed by atoms with Gasteiger partial charge in [-0.2, -0.15) is 0 Å². The zero-order chi connectivity index (χ0) is 35.9. The molecule has 0 unspecified atom stereocenters. The van der Waals surface area contributed by atoms with Gasteiger partial charge in [-0.05, 0) is 47.5 Å². The summed E-state index contributed by atoms with van der Waals surface area (Å²) in [4.78, 5) is 58.8. The Morgan fingerprint density at radius 1 is 0.620 bits per heavy atom. The van der Waals surface area contributed by atoms with E-state index in [4.69, 9.17) is 9.47 Å². The van der Waals surface area contributed by atoms with E-state index in [1.54, 1.807) is 0 Å². The molecule has 4 N–H and O–H groups in total. The summed E-state index contributed by atoms with van der Waals surface area (Å²) in [5.74, 6) is -2.61. The number of phenols is 2. The third kappa shape index (κ3) is 10.6. The van der Waals surface area contributed by atoms with Crippen LogP contribution in [0.2, 0.25) is 0 Å². The zero-order valence-electron chi connectivity index (χ0n) is 27.6. The molecule has 0 aliphatic heterocycles. The van der Waals surface area contributed by atoms with Crippen LogP contribution >= 0.6 is 0 Å². The number of methoxy groups -OCH3 is 2. The van der Waals surface area contributed by atoms with Crippen molar-refractivity contribution in [1.29, 1.82) is 0 Å². The summed E-state index contributed by atoms with van der Waals surface area (Å²) in [6.45, 7) is 0.520. The maximum absolute atomic E-state index is 12.9. The van der Waals surface area contributed by atoms with E-state index in [2.05, 4.69) is 20.6 Å². The van der Waals surface area contributed by atoms with Crippen LogP contribution in [0.15, 0.2) is 107 Å². The molecule has 0 fully saturated rings. The predicted molar refractivity (Wildman–Crippen MR) is 188 cm³/mol. The van der Waals surface area contributed by atoms with E-state index in [0.29, 0.717) is 11.1 Å². The monoisotopic (exact) mass is 678 g/mol. The Bertz CT molecular complexity index is 1710. The van der Waals surface area contributed by atoms with Crippen LogP contribution in [0.25, 0.3) is 0 Å². The van der Waals surface area contributed by atoms with E-state index in [0.717, 1.165) is 11.1 Å². The highest BCUT2D eigenvalue weighted by Gasteiger charge is 2.24. The maximum Gasteiger partial charge on any atom is 0.328 e. The number of hydrogen-bond donors (Lipinski definition) is 4. The van der Waals surface area contributed by atoms with Crippen LogP contribution in [0.4, 0.5) is 0 Å². The molecular weight excluding hydrogens is 640 g/mol. The van der Waals surface area contributed by atoms with Crippen LogP contribution in [0.3, 0.4) is 0 Å². The number of phenolic OH excluding ortho intramolecular Hbond substituents is 2. The van der Waals surface area contributed by atoms with E-state index in [9.17, 15) is 29.4 Å². The number of hydrogen-bond acceptors (Lipinski definition) is 10. The van der Waals surface area contributed by atoms with Gasteiger partial charge < -0.3 is 30.3 Å². The molecular formula is C38H38N4O8. The predicted octanol–water partition coefficient (Wildman–Crippen LogP) is 3.66. The molecule has 0 aromatic heterocycles. The summed E-state index contributed by atoms with van der Waals surface area (Å²) in [6, 6.07) is 25.3. The quantitative estimate of drug-likeness (QED) is 0.0837. The summed E-state index contributed by atoms with van der Waals surface area (Å²) >= 11 is 0. The Morgan fingerprint density at radius 3 is 1.34 bits per heavy atom. The second-order valence-electron chi connectivity index (χ2n) is 11.1. The van der Waals surface area contributed by atoms with Crippen molar-refractivity contribution in [1.82, 2.24) is 10.6 Å². The van der Waals surface area contributed by atoms with Gasteiger partial charge in [0.2, 0.25) is 0 Å². The first-order chi connectivity index (χ1) is 24.2. The molecule has 50 heavy (non-hydrogen) atoms. The third-order valence-corrected chi connectivity index (χ3v) is 7.55. The number of rotatable bonds is 15. The smallest absolute Gasteiger partial charge is 0.328 e. The SMILES string of the molecule is COC(=O)[C@H](Cc1ccccc1)NC(=O)c1ccc(C=NCCN=Cc2ccc(C(=O)N[C@@H](Cc3ccccc3)C(=O)OC)cc2O)c(O)c1. The number of amides is 2. The van der Waals surface area contributed by atoms with Gasteiger partial charge in [-0.15, -0.1) is 0 Å². The molecule has 2 atom stereocenters. The van der Waals surface area contributed by atoms with Crippen molar-refractivity contribution in [2.75, 3.05) is 27.3 Å². The fraction of sp³-hybridized carbons (Fsp3) is 0.211. The highest BCUT2D eigenvalue weighted by molar-refractivity contribution is 5.99. The maximum atomic E-state index is 12.9. The topological polar surface area (TPSA) is 176 Å². The molecule has 0 radical (unpaired) electrons. The fourth-order valence-electron chi connectivity index (χ4n) is 4.88. The van der Waals surface area contributed by atoms with Crippen molar-refractivity contribution < 1.29 is 38.9 Å². The van der Waals surface area contributed by atoms with Crippen LogP contribution in [-0.4, -0.2) is 85.8 Å². The van der Waals surface area contributed by atoms with Crippen LogP contribution in [0, 0.1) is 0 Å². The standard InChI is InChI=1S/C38H38N4O8/c1-49-37(47)31(19-25-9-5-3-6-10-25)41-35(45)27-13-15-29(33(43)21-27)23-39-17-18-40-24-30-16-14-28(22-34(30)44)36(46)42-32(38(48)50-2)20-26-11-7-4-8-12-26/h3-16,21-24,31-32,43-44H,17-20H2,1-2H3,(H,41,45)(H,42,46)/t31-,32-/m0/s1. The van der Waals surface area contributed by atoms with Gasteiger partial charge in [0.25, 0.3) is 11.8 Å². The average molecular weight is 679 g/mol. The number of aliphatic imine (C=N–C) groups is 2. The Balaban J connectivity index is 1.28. The van der Waals surface area contributed by atoms with Gasteiger partial charge in [-0.25, -0.2) is 9.59 Å². The van der Waals surface area contributed by atoms with Gasteiger partial charge in [0.05, 0.1) is 27.3 Å². The van der Waals surface area contributed by atoms with Crippen molar-refractivity contribution in [3.63, 3.8) is 0 Å². The Morgan fingerprint density at radius 2 is 1.00 bits per heavy atom. The molecule has 4 aromatic rings. The second kappa shape index (κ2) is 18.3. The molecule has 0 bridgehead atoms. The lowest BCUT2D eigenvalue weighted by molar-refractivity contribution is -0.143. The summed E-state index contributed by atoms with van der Waals surface area (Å²) in [6.07, 6.45) is 3.39. The highest BCUT2D eigenvalue weighted by atomic mass is 16.5. The lowest BCUT2D eigenvalue weighted by Crippen LogP contribution is -2.43. The van der Waals surface area contributed by atoms with E-state index in [-0.39, 0.29) is 48.6 Å². The molecule has 0 saturated carbocycles. The molecule has 4 rings (SSSR count). The van der Waals surface area contributed by atoms with Gasteiger partial charge in [-0.1, -0.05) is 60.7 Å². The molecule has 0 aliphatic rings. The first-order valence-corrected chi connectivity index (χ1v) is 15.7. The number of aromatic hydroxyl groups is 2. The molecule has 2 amide bonds. The fourth-order valence-corrected chi connectivity index (χ4v) is 4.88. The molecule has 4 aromatic carbocycles. The van der Waals surface area contributed by atoms with Crippen molar-refractivity contribution in [3.05, 3.63) is 130 Å². The van der Waals surface area contributed by atoms with Gasteiger partial charge >= 0.3 is 11.9 Å². The number of carbonyl (C=O) groups excluding carboxylic acids is 4. The lowest BCUT2D eigenvalue weighted by atomic mass is 10.0. The molecule has 0 saturated heterocycles. The number of ether oxygens (including phenoxy) is 2. The van der Waals surface area contributed by atoms with Crippen molar-refractivity contribution in [2.24, 2.45) is 9.98 Å². The summed E-state index contributed by atoms with van der Waals surface area (Å²) in [5, 5.41) is 26.3. The lowest BCUT2D eigenvalue weighted by Gasteiger charge is -2.17. The van der Waals surface area contributed by atoms with Gasteiger partial charge in [0, 0.05) is 47.5 Å². The van der Waals surface area contributed by atoms with Gasteiger partial charge in [0.15, 0.2) is 0 Å². The van der Waals surface area contributed by atoms with E-state index in [1.165, 1.54) is 63.0 Å². The Labute approximate surface area is 289 Å². The molecule has 0 heterocycles. The Hall–Kier alpha value is -6.30. The van der Waals surface area contributed by atoms with E-state index < -0.39 is 35.8 Å². The van der Waals surface area contributed by atoms with Gasteiger partial charge in [-0.3, -0.25) is 19.6 Å². The number of nitrogens with zero attached hydrogens (tertiary/aromatic N) is 2. The molecule has 258 valence electrons. The number of carbonyl (C=O) groups is 4. The minimum absolute atomic E-state index is 0.157. The minimum atomic E-state index is -0.908. The van der Waals surface area contributed by atoms with Crippen molar-refractivity contribution in [2.45, 2.75) is 24.9 Å². The van der Waals surface area contributed by atoms with Gasteiger partial charge in [0.1, 0.15) is 23.6 Å². The van der Waals surface area contributed by atoms with Crippen LogP contribution < -0.4 is 10.6 Å². The molecule has 0 aliphatic carbocycles. The van der Waals surface area contributed by atoms with Crippen molar-refractivity contribution >= 4 is 36.2 Å². The Kier molecular flexibility index (Phi) is 13.4. The van der Waals surface area contributed by atoms with Crippen LogP contribution in [0.1, 0.15) is 43.0 Å². The van der Waals surface area contributed by atoms with Crippen molar-refractivity contribution in [3.8, 4) is 11.5 Å². The number of benzene rings is 4. The second-order valence-corrected chi connectivity index (χ2v) is 11.1. The minimum Gasteiger partial charge on any atom is -0.507 e. The number of nitrogens with one attached hydrogen (secondary N) is 2. The first kappa shape index (κ1) is 36.5. The normalized spacial score (nSPS) is 12.3. The first-order valence-electron chi connectivity index (χ1n) is 15.7. The largest absolute Gasteiger partial charge is 0.507 e. The van der Waals surface area contributed by atoms with E-state index in [1.807, 2.05) is 60.7 Å². The summed E-state index contributed by atoms with van der Waals surface area (Å²) in [7, 11) is 2.50. The average Bonchev–Trinajstić information content (AvgIpc) is 3.13. The molecule has 12 heteroatoms. The zero-order valence-corrected chi connectivity index (χ0v) is 27.6. The van der Waals surface area contributed by atoms with E-state index >= 15 is 0 Å². The summed E-state index contributed by atoms with van der Waals surface area (Å²) < 4.78 is 9.69. The summed E-state index contributed by atoms with van der Waals surface area (Å²) in [5.41, 5.74) is 2.77. The van der Waals surface area contributed by atoms with Crippen LogP contribution in [-0.2, 0) is 31.9 Å². The molecule has 0 spiro atoms. The highest BCUT2D eigenvalue weighted by Crippen LogP contribution is 2.19. The van der Waals surface area contributed by atoms with Crippen LogP contribution in [0.5, 0.6) is 11.5 Å². The molecule has 12 nitrogen and oxygen atoms in total. The number of esters is 2.